The van der Waals surface area contributed by atoms with Crippen LogP contribution in [0.15, 0.2) is 61.2 Å². The number of rotatable bonds is 16. The molecular formula is C30H44O6. The maximum atomic E-state index is 11.6. The molecule has 6 heteroatoms. The van der Waals surface area contributed by atoms with Crippen molar-refractivity contribution in [2.45, 2.75) is 94.7 Å². The first-order chi connectivity index (χ1) is 17.1. The Labute approximate surface area is 215 Å². The van der Waals surface area contributed by atoms with Gasteiger partial charge in [0.15, 0.2) is 0 Å². The minimum Gasteiger partial charge on any atom is -0.394 e. The molecule has 0 amide bonds. The zero-order valence-corrected chi connectivity index (χ0v) is 21.7. The van der Waals surface area contributed by atoms with Gasteiger partial charge < -0.3 is 30.6 Å². The van der Waals surface area contributed by atoms with E-state index in [0.29, 0.717) is 5.56 Å². The van der Waals surface area contributed by atoms with Gasteiger partial charge in [-0.15, -0.1) is 6.58 Å². The van der Waals surface area contributed by atoms with E-state index in [1.807, 2.05) is 36.4 Å². The van der Waals surface area contributed by atoms with Crippen molar-refractivity contribution < 1.29 is 30.6 Å². The fourth-order valence-electron chi connectivity index (χ4n) is 4.57. The summed E-state index contributed by atoms with van der Waals surface area (Å²) < 4.78 is 0. The van der Waals surface area contributed by atoms with Crippen LogP contribution in [0.25, 0.3) is 0 Å². The van der Waals surface area contributed by atoms with Crippen molar-refractivity contribution in [3.63, 3.8) is 0 Å². The smallest absolute Gasteiger partial charge is 0.126 e. The molecule has 0 aliphatic heterocycles. The number of hydrogen-bond donors (Lipinski definition) is 6. The summed E-state index contributed by atoms with van der Waals surface area (Å²) in [6.07, 6.45) is 1.42. The molecule has 0 heterocycles. The third kappa shape index (κ3) is 7.72. The van der Waals surface area contributed by atoms with Gasteiger partial charge in [0.05, 0.1) is 6.61 Å². The lowest BCUT2D eigenvalue weighted by atomic mass is 9.73. The quantitative estimate of drug-likeness (QED) is 0.197. The topological polar surface area (TPSA) is 121 Å². The summed E-state index contributed by atoms with van der Waals surface area (Å²) in [5, 5.41) is 64.8. The lowest BCUT2D eigenvalue weighted by Crippen LogP contribution is -2.66. The van der Waals surface area contributed by atoms with Gasteiger partial charge in [-0.3, -0.25) is 0 Å². The maximum Gasteiger partial charge on any atom is 0.126 e. The molecule has 0 fully saturated rings. The third-order valence-corrected chi connectivity index (χ3v) is 7.02. The average Bonchev–Trinajstić information content (AvgIpc) is 2.90. The van der Waals surface area contributed by atoms with Crippen molar-refractivity contribution in [3.8, 4) is 0 Å². The molecule has 2 aromatic carbocycles. The molecule has 5 atom stereocenters. The summed E-state index contributed by atoms with van der Waals surface area (Å²) in [7, 11) is 0. The zero-order chi connectivity index (χ0) is 26.8. The summed E-state index contributed by atoms with van der Waals surface area (Å²) in [5.41, 5.74) is -0.771. The monoisotopic (exact) mass is 500 g/mol. The largest absolute Gasteiger partial charge is 0.394 e. The third-order valence-electron chi connectivity index (χ3n) is 7.02. The van der Waals surface area contributed by atoms with Gasteiger partial charge in [0.2, 0.25) is 0 Å². The Morgan fingerprint density at radius 2 is 1.17 bits per heavy atom. The first-order valence-electron chi connectivity index (χ1n) is 13.0. The van der Waals surface area contributed by atoms with Crippen LogP contribution in [0.2, 0.25) is 0 Å². The van der Waals surface area contributed by atoms with Crippen LogP contribution in [0.5, 0.6) is 0 Å². The van der Waals surface area contributed by atoms with E-state index < -0.39 is 36.1 Å². The summed E-state index contributed by atoms with van der Waals surface area (Å²) in [6, 6.07) is 15.1. The molecule has 0 saturated carbocycles. The van der Waals surface area contributed by atoms with Gasteiger partial charge in [0.1, 0.15) is 29.5 Å². The Morgan fingerprint density at radius 3 is 1.56 bits per heavy atom. The van der Waals surface area contributed by atoms with Crippen LogP contribution < -0.4 is 0 Å². The van der Waals surface area contributed by atoms with Crippen LogP contribution in [0, 0.1) is 0 Å². The van der Waals surface area contributed by atoms with Crippen molar-refractivity contribution in [2.24, 2.45) is 0 Å². The molecule has 6 nitrogen and oxygen atoms in total. The summed E-state index contributed by atoms with van der Waals surface area (Å²) in [6.45, 7) is 7.10. The average molecular weight is 501 g/mol. The Hall–Kier alpha value is -2.06. The van der Waals surface area contributed by atoms with Crippen molar-refractivity contribution in [1.82, 2.24) is 0 Å². The fraction of sp³-hybridized carbons (Fsp3) is 0.533. The van der Waals surface area contributed by atoms with Gasteiger partial charge in [-0.25, -0.2) is 0 Å². The summed E-state index contributed by atoms with van der Waals surface area (Å²) >= 11 is 0. The number of hydrogen-bond acceptors (Lipinski definition) is 6. The predicted molar refractivity (Wildman–Crippen MR) is 143 cm³/mol. The number of benzene rings is 2. The number of aliphatic hydroxyl groups excluding tert-OH is 4. The highest BCUT2D eigenvalue weighted by molar-refractivity contribution is 5.29. The van der Waals surface area contributed by atoms with Crippen molar-refractivity contribution in [3.05, 3.63) is 83.4 Å². The van der Waals surface area contributed by atoms with Gasteiger partial charge in [-0.05, 0) is 47.9 Å². The summed E-state index contributed by atoms with van der Waals surface area (Å²) in [5.74, 6) is 0. The molecule has 2 aromatic rings. The summed E-state index contributed by atoms with van der Waals surface area (Å²) in [4.78, 5) is 0. The fourth-order valence-corrected chi connectivity index (χ4v) is 4.57. The van der Waals surface area contributed by atoms with Gasteiger partial charge in [0.25, 0.3) is 0 Å². The minimum absolute atomic E-state index is 0.0636. The SMILES string of the molecule is C=CC(O)(Cc1ccc(CCCC)cc1)[C@@H](O)[C@@](O)(Cc1ccc(CCCC)cc1)[C@H](O)[C@@H](O)CO. The molecule has 0 aliphatic rings. The minimum atomic E-state index is -2.38. The number of aryl methyl sites for hydroxylation is 2. The van der Waals surface area contributed by atoms with Gasteiger partial charge in [-0.2, -0.15) is 0 Å². The molecule has 0 spiro atoms. The Kier molecular flexibility index (Phi) is 11.8. The maximum absolute atomic E-state index is 11.6. The molecule has 2 rings (SSSR count). The number of aliphatic hydroxyl groups is 6. The van der Waals surface area contributed by atoms with E-state index in [4.69, 9.17) is 0 Å². The molecule has 0 radical (unpaired) electrons. The van der Waals surface area contributed by atoms with Crippen LogP contribution in [-0.2, 0) is 25.7 Å². The Balaban J connectivity index is 2.34. The normalized spacial score (nSPS) is 17.6. The van der Waals surface area contributed by atoms with Crippen LogP contribution in [0.4, 0.5) is 0 Å². The van der Waals surface area contributed by atoms with E-state index in [9.17, 15) is 30.6 Å². The van der Waals surface area contributed by atoms with Crippen LogP contribution in [0.3, 0.4) is 0 Å². The van der Waals surface area contributed by atoms with E-state index in [1.54, 1.807) is 12.1 Å². The first-order valence-corrected chi connectivity index (χ1v) is 13.0. The van der Waals surface area contributed by atoms with E-state index in [2.05, 4.69) is 20.4 Å². The molecule has 6 N–H and O–H groups in total. The second-order valence-corrected chi connectivity index (χ2v) is 9.98. The second kappa shape index (κ2) is 14.0. The van der Waals surface area contributed by atoms with Crippen molar-refractivity contribution in [1.29, 1.82) is 0 Å². The highest BCUT2D eigenvalue weighted by Crippen LogP contribution is 2.33. The molecular weight excluding hydrogens is 456 g/mol. The standard InChI is InChI=1S/C30H44O6/c1-4-7-9-22-11-15-24(16-12-22)19-29(35,6-3)28(34)30(36,27(33)26(32)21-31)20-25-17-13-23(14-18-25)10-8-5-2/h6,11-18,26-28,31-36H,3-5,7-10,19-21H2,1-2H3/t26-,27+,28+,29?,30+/m0/s1. The lowest BCUT2D eigenvalue weighted by Gasteiger charge is -2.45. The lowest BCUT2D eigenvalue weighted by molar-refractivity contribution is -0.218. The van der Waals surface area contributed by atoms with Gasteiger partial charge in [-0.1, -0.05) is 81.3 Å². The predicted octanol–water partition coefficient (Wildman–Crippen LogP) is 2.88. The van der Waals surface area contributed by atoms with Crippen LogP contribution >= 0.6 is 0 Å². The zero-order valence-electron chi connectivity index (χ0n) is 21.7. The number of unbranched alkanes of at least 4 members (excludes halogenated alkanes) is 2. The van der Waals surface area contributed by atoms with Gasteiger partial charge in [0, 0.05) is 12.8 Å². The molecule has 0 saturated heterocycles. The van der Waals surface area contributed by atoms with Crippen molar-refractivity contribution >= 4 is 0 Å². The molecule has 0 aliphatic carbocycles. The molecule has 0 aromatic heterocycles. The highest BCUT2D eigenvalue weighted by Gasteiger charge is 2.53. The van der Waals surface area contributed by atoms with Crippen LogP contribution in [-0.4, -0.2) is 66.8 Å². The van der Waals surface area contributed by atoms with E-state index in [0.717, 1.165) is 55.7 Å². The molecule has 0 bridgehead atoms. The van der Waals surface area contributed by atoms with Gasteiger partial charge >= 0.3 is 0 Å². The van der Waals surface area contributed by atoms with Crippen molar-refractivity contribution in [2.75, 3.05) is 6.61 Å². The second-order valence-electron chi connectivity index (χ2n) is 9.98. The van der Waals surface area contributed by atoms with E-state index >= 15 is 0 Å². The Bertz CT molecular complexity index is 912. The first kappa shape index (κ1) is 30.2. The Morgan fingerprint density at radius 1 is 0.750 bits per heavy atom. The highest BCUT2D eigenvalue weighted by atomic mass is 16.4. The van der Waals surface area contributed by atoms with Crippen LogP contribution in [0.1, 0.15) is 61.8 Å². The molecule has 1 unspecified atom stereocenters. The van der Waals surface area contributed by atoms with E-state index in [1.165, 1.54) is 5.56 Å². The molecule has 36 heavy (non-hydrogen) atoms. The van der Waals surface area contributed by atoms with E-state index in [-0.39, 0.29) is 12.8 Å². The molecule has 200 valence electrons.